The summed E-state index contributed by atoms with van der Waals surface area (Å²) in [6.07, 6.45) is 0. The molecule has 104 valence electrons. The average Bonchev–Trinajstić information content (AvgIpc) is 2.36. The van der Waals surface area contributed by atoms with Gasteiger partial charge >= 0.3 is 0 Å². The van der Waals surface area contributed by atoms with Crippen LogP contribution in [0.3, 0.4) is 0 Å². The van der Waals surface area contributed by atoms with Gasteiger partial charge in [-0.25, -0.2) is 0 Å². The molecule has 0 radical (unpaired) electrons. The van der Waals surface area contributed by atoms with E-state index in [-0.39, 0.29) is 4.99 Å². The maximum Gasteiger partial charge on any atom is 0.249 e. The Kier molecular flexibility index (Phi) is 4.35. The van der Waals surface area contributed by atoms with Crippen LogP contribution in [0.25, 0.3) is 0 Å². The molecule has 4 nitrogen and oxygen atoms in total. The monoisotopic (exact) mass is 351 g/mol. The predicted molar refractivity (Wildman–Crippen MR) is 86.3 cm³/mol. The van der Waals surface area contributed by atoms with E-state index in [1.54, 1.807) is 0 Å². The number of nitrogens with two attached hydrogens (primary N) is 1. The summed E-state index contributed by atoms with van der Waals surface area (Å²) in [4.78, 5) is 0.255. The van der Waals surface area contributed by atoms with Gasteiger partial charge in [0.1, 0.15) is 10.7 Å². The first-order valence-corrected chi connectivity index (χ1v) is 7.18. The molecule has 2 N–H and O–H groups in total. The Bertz CT molecular complexity index is 688. The zero-order chi connectivity index (χ0) is 14.9. The molecule has 0 fully saturated rings. The Balaban J connectivity index is 2.48. The van der Waals surface area contributed by atoms with Crippen LogP contribution in [0.1, 0.15) is 22.4 Å². The fraction of sp³-hybridized carbons (Fsp3) is 0.214. The number of rotatable bonds is 3. The van der Waals surface area contributed by atoms with Crippen molar-refractivity contribution in [3.8, 4) is 11.6 Å². The van der Waals surface area contributed by atoms with Crippen molar-refractivity contribution in [2.45, 2.75) is 20.8 Å². The molecule has 0 bridgehead atoms. The van der Waals surface area contributed by atoms with E-state index in [0.717, 1.165) is 21.3 Å². The summed E-state index contributed by atoms with van der Waals surface area (Å²) >= 11 is 8.51. The molecule has 0 aliphatic carbocycles. The fourth-order valence-electron chi connectivity index (χ4n) is 1.78. The van der Waals surface area contributed by atoms with Gasteiger partial charge in [-0.1, -0.05) is 28.1 Å². The number of ether oxygens (including phenoxy) is 1. The minimum Gasteiger partial charge on any atom is -0.437 e. The largest absolute Gasteiger partial charge is 0.437 e. The summed E-state index contributed by atoms with van der Waals surface area (Å²) in [7, 11) is 0. The van der Waals surface area contributed by atoms with Crippen LogP contribution in [0.5, 0.6) is 11.6 Å². The van der Waals surface area contributed by atoms with Gasteiger partial charge in [-0.05, 0) is 50.1 Å². The van der Waals surface area contributed by atoms with Gasteiger partial charge in [0, 0.05) is 4.47 Å². The van der Waals surface area contributed by atoms with Crippen molar-refractivity contribution in [1.29, 1.82) is 0 Å². The van der Waals surface area contributed by atoms with E-state index in [9.17, 15) is 0 Å². The normalized spacial score (nSPS) is 10.4. The van der Waals surface area contributed by atoms with Gasteiger partial charge in [-0.2, -0.15) is 5.10 Å². The number of halogens is 1. The number of benzene rings is 1. The molecule has 0 saturated heterocycles. The molecule has 1 aromatic heterocycles. The van der Waals surface area contributed by atoms with E-state index in [1.807, 2.05) is 39.0 Å². The SMILES string of the molecule is Cc1cc(Br)ccc1Oc1nnc(C)c(C)c1C(N)=S. The van der Waals surface area contributed by atoms with Crippen LogP contribution >= 0.6 is 28.1 Å². The molecule has 2 aromatic rings. The van der Waals surface area contributed by atoms with Gasteiger partial charge in [-0.15, -0.1) is 5.10 Å². The molecule has 0 atom stereocenters. The number of aryl methyl sites for hydroxylation is 2. The van der Waals surface area contributed by atoms with Crippen molar-refractivity contribution in [3.05, 3.63) is 45.1 Å². The molecule has 6 heteroatoms. The summed E-state index contributed by atoms with van der Waals surface area (Å²) in [5.41, 5.74) is 9.06. The molecule has 0 aliphatic heterocycles. The van der Waals surface area contributed by atoms with Crippen LogP contribution in [0, 0.1) is 20.8 Å². The lowest BCUT2D eigenvalue weighted by molar-refractivity contribution is 0.449. The highest BCUT2D eigenvalue weighted by Crippen LogP contribution is 2.29. The summed E-state index contributed by atoms with van der Waals surface area (Å²) in [5.74, 6) is 1.04. The Labute approximate surface area is 131 Å². The van der Waals surface area contributed by atoms with E-state index in [1.165, 1.54) is 0 Å². The maximum absolute atomic E-state index is 5.83. The lowest BCUT2D eigenvalue weighted by Crippen LogP contribution is -2.15. The fourth-order valence-corrected chi connectivity index (χ4v) is 2.50. The third-order valence-electron chi connectivity index (χ3n) is 3.01. The van der Waals surface area contributed by atoms with Crippen molar-refractivity contribution in [2.75, 3.05) is 0 Å². The molecule has 20 heavy (non-hydrogen) atoms. The van der Waals surface area contributed by atoms with E-state index in [4.69, 9.17) is 22.7 Å². The lowest BCUT2D eigenvalue weighted by Gasteiger charge is -2.13. The van der Waals surface area contributed by atoms with Crippen LogP contribution < -0.4 is 10.5 Å². The minimum absolute atomic E-state index is 0.255. The van der Waals surface area contributed by atoms with Gasteiger partial charge in [0.2, 0.25) is 5.88 Å². The van der Waals surface area contributed by atoms with Crippen LogP contribution in [0.4, 0.5) is 0 Å². The lowest BCUT2D eigenvalue weighted by atomic mass is 10.1. The Hall–Kier alpha value is -1.53. The number of nitrogens with zero attached hydrogens (tertiary/aromatic N) is 2. The molecular weight excluding hydrogens is 338 g/mol. The van der Waals surface area contributed by atoms with Crippen molar-refractivity contribution in [3.63, 3.8) is 0 Å². The Morgan fingerprint density at radius 3 is 2.55 bits per heavy atom. The highest BCUT2D eigenvalue weighted by Gasteiger charge is 2.16. The maximum atomic E-state index is 5.83. The van der Waals surface area contributed by atoms with Crippen molar-refractivity contribution < 1.29 is 4.74 Å². The summed E-state index contributed by atoms with van der Waals surface area (Å²) in [6, 6.07) is 5.72. The van der Waals surface area contributed by atoms with Crippen molar-refractivity contribution in [1.82, 2.24) is 10.2 Å². The summed E-state index contributed by atoms with van der Waals surface area (Å²) in [6.45, 7) is 5.72. The summed E-state index contributed by atoms with van der Waals surface area (Å²) < 4.78 is 6.82. The predicted octanol–water partition coefficient (Wildman–Crippen LogP) is 3.59. The molecule has 0 unspecified atom stereocenters. The molecular formula is C14H14BrN3OS. The zero-order valence-corrected chi connectivity index (χ0v) is 13.8. The van der Waals surface area contributed by atoms with Crippen LogP contribution in [-0.4, -0.2) is 15.2 Å². The van der Waals surface area contributed by atoms with Crippen LogP contribution in [0.15, 0.2) is 22.7 Å². The van der Waals surface area contributed by atoms with Crippen LogP contribution in [0.2, 0.25) is 0 Å². The zero-order valence-electron chi connectivity index (χ0n) is 11.4. The van der Waals surface area contributed by atoms with Gasteiger partial charge in [-0.3, -0.25) is 0 Å². The van der Waals surface area contributed by atoms with E-state index >= 15 is 0 Å². The van der Waals surface area contributed by atoms with Gasteiger partial charge in [0.05, 0.1) is 11.3 Å². The van der Waals surface area contributed by atoms with Crippen molar-refractivity contribution in [2.24, 2.45) is 5.73 Å². The third-order valence-corrected chi connectivity index (χ3v) is 3.71. The summed E-state index contributed by atoms with van der Waals surface area (Å²) in [5, 5.41) is 8.13. The second-order valence-corrected chi connectivity index (χ2v) is 5.82. The number of hydrogen-bond donors (Lipinski definition) is 1. The Morgan fingerprint density at radius 2 is 1.95 bits per heavy atom. The second-order valence-electron chi connectivity index (χ2n) is 4.47. The van der Waals surface area contributed by atoms with Gasteiger partial charge < -0.3 is 10.5 Å². The first-order chi connectivity index (χ1) is 9.40. The molecule has 1 heterocycles. The minimum atomic E-state index is 0.255. The number of aromatic nitrogens is 2. The Morgan fingerprint density at radius 1 is 1.25 bits per heavy atom. The topological polar surface area (TPSA) is 61.0 Å². The first kappa shape index (κ1) is 14.9. The van der Waals surface area contributed by atoms with E-state index < -0.39 is 0 Å². The first-order valence-electron chi connectivity index (χ1n) is 5.98. The number of hydrogen-bond acceptors (Lipinski definition) is 4. The average molecular weight is 352 g/mol. The molecule has 2 rings (SSSR count). The van der Waals surface area contributed by atoms with Crippen molar-refractivity contribution >= 4 is 33.1 Å². The van der Waals surface area contributed by atoms with Crippen LogP contribution in [-0.2, 0) is 0 Å². The molecule has 0 aliphatic rings. The molecule has 1 aromatic carbocycles. The third kappa shape index (κ3) is 2.96. The van der Waals surface area contributed by atoms with Gasteiger partial charge in [0.25, 0.3) is 0 Å². The molecule has 0 saturated carbocycles. The van der Waals surface area contributed by atoms with E-state index in [0.29, 0.717) is 17.2 Å². The molecule has 0 amide bonds. The standard InChI is InChI=1S/C14H14BrN3OS/c1-7-6-10(15)4-5-11(7)19-14-12(13(16)20)8(2)9(3)17-18-14/h4-6H,1-3H3,(H2,16,20). The smallest absolute Gasteiger partial charge is 0.249 e. The second kappa shape index (κ2) is 5.85. The highest BCUT2D eigenvalue weighted by molar-refractivity contribution is 9.10. The van der Waals surface area contributed by atoms with Gasteiger partial charge in [0.15, 0.2) is 0 Å². The number of thiocarbonyl (C=S) groups is 1. The highest BCUT2D eigenvalue weighted by atomic mass is 79.9. The van der Waals surface area contributed by atoms with E-state index in [2.05, 4.69) is 26.1 Å². The quantitative estimate of drug-likeness (QED) is 0.856. The molecule has 0 spiro atoms.